The average Bonchev–Trinajstić information content (AvgIpc) is 3.03. The van der Waals surface area contributed by atoms with Gasteiger partial charge in [-0.1, -0.05) is 45.7 Å². The summed E-state index contributed by atoms with van der Waals surface area (Å²) in [4.78, 5) is 31.7. The molecule has 1 aliphatic rings. The Morgan fingerprint density at radius 2 is 1.87 bits per heavy atom. The summed E-state index contributed by atoms with van der Waals surface area (Å²) in [7, 11) is 0. The fourth-order valence-corrected chi connectivity index (χ4v) is 4.05. The second kappa shape index (κ2) is 8.29. The number of hydrogen-bond donors (Lipinski definition) is 1. The minimum Gasteiger partial charge on any atom is -0.507 e. The first-order chi connectivity index (χ1) is 14.8. The zero-order valence-electron chi connectivity index (χ0n) is 16.8. The van der Waals surface area contributed by atoms with Crippen molar-refractivity contribution in [3.05, 3.63) is 98.2 Å². The van der Waals surface area contributed by atoms with Gasteiger partial charge in [0.2, 0.25) is 0 Å². The van der Waals surface area contributed by atoms with Gasteiger partial charge in [0.25, 0.3) is 11.7 Å². The van der Waals surface area contributed by atoms with Crippen LogP contribution < -0.4 is 4.90 Å². The molecule has 1 aliphatic heterocycles. The highest BCUT2D eigenvalue weighted by Gasteiger charge is 2.47. The number of halogens is 2. The number of anilines is 1. The molecule has 4 rings (SSSR count). The molecular formula is C24H18BrClN2O3. The van der Waals surface area contributed by atoms with Gasteiger partial charge in [0, 0.05) is 33.1 Å². The van der Waals surface area contributed by atoms with E-state index < -0.39 is 17.7 Å². The van der Waals surface area contributed by atoms with Crippen LogP contribution in [0.2, 0.25) is 5.02 Å². The lowest BCUT2D eigenvalue weighted by Crippen LogP contribution is -2.29. The number of aromatic nitrogens is 1. The number of pyridine rings is 1. The molecule has 0 spiro atoms. The van der Waals surface area contributed by atoms with Crippen molar-refractivity contribution in [1.82, 2.24) is 4.98 Å². The number of amides is 1. The Morgan fingerprint density at radius 3 is 2.52 bits per heavy atom. The molecule has 0 radical (unpaired) electrons. The highest BCUT2D eigenvalue weighted by molar-refractivity contribution is 9.10. The van der Waals surface area contributed by atoms with Crippen molar-refractivity contribution >= 4 is 50.7 Å². The van der Waals surface area contributed by atoms with Crippen molar-refractivity contribution < 1.29 is 14.7 Å². The monoisotopic (exact) mass is 496 g/mol. The lowest BCUT2D eigenvalue weighted by molar-refractivity contribution is -0.132. The van der Waals surface area contributed by atoms with Gasteiger partial charge < -0.3 is 5.11 Å². The van der Waals surface area contributed by atoms with Crippen molar-refractivity contribution in [2.75, 3.05) is 4.90 Å². The maximum absolute atomic E-state index is 13.1. The van der Waals surface area contributed by atoms with E-state index in [9.17, 15) is 14.7 Å². The lowest BCUT2D eigenvalue weighted by atomic mass is 9.95. The Bertz CT molecular complexity index is 1240. The molecule has 3 aromatic rings. The van der Waals surface area contributed by atoms with Crippen LogP contribution in [0.5, 0.6) is 0 Å². The van der Waals surface area contributed by atoms with Crippen LogP contribution in [0.1, 0.15) is 28.3 Å². The molecule has 7 heteroatoms. The van der Waals surface area contributed by atoms with Crippen molar-refractivity contribution in [1.29, 1.82) is 0 Å². The average molecular weight is 498 g/mol. The highest BCUT2D eigenvalue weighted by atomic mass is 79.9. The number of benzene rings is 2. The van der Waals surface area contributed by atoms with E-state index in [-0.39, 0.29) is 11.3 Å². The fraction of sp³-hybridized carbons (Fsp3) is 0.125. The van der Waals surface area contributed by atoms with Gasteiger partial charge in [0.05, 0.1) is 11.6 Å². The Balaban J connectivity index is 1.95. The molecule has 2 heterocycles. The van der Waals surface area contributed by atoms with E-state index >= 15 is 0 Å². The SMILES string of the molecule is Cc1ccc(N2C(=O)C(=O)/C(=C(/O)c3ccc(Br)c(C)c3)C2c2cccnc2)cc1Cl. The molecule has 0 saturated carbocycles. The van der Waals surface area contributed by atoms with Gasteiger partial charge in [-0.25, -0.2) is 0 Å². The van der Waals surface area contributed by atoms with E-state index in [0.717, 1.165) is 15.6 Å². The number of rotatable bonds is 3. The molecule has 0 aliphatic carbocycles. The third kappa shape index (κ3) is 3.77. The molecule has 1 aromatic heterocycles. The first-order valence-corrected chi connectivity index (χ1v) is 10.7. The largest absolute Gasteiger partial charge is 0.507 e. The van der Waals surface area contributed by atoms with Gasteiger partial charge in [-0.2, -0.15) is 0 Å². The molecule has 1 amide bonds. The maximum Gasteiger partial charge on any atom is 0.300 e. The molecular weight excluding hydrogens is 480 g/mol. The van der Waals surface area contributed by atoms with Gasteiger partial charge in [-0.15, -0.1) is 0 Å². The zero-order chi connectivity index (χ0) is 22.3. The topological polar surface area (TPSA) is 70.5 Å². The number of carbonyl (C=O) groups is 2. The normalized spacial score (nSPS) is 17.9. The van der Waals surface area contributed by atoms with E-state index in [1.807, 2.05) is 13.8 Å². The summed E-state index contributed by atoms with van der Waals surface area (Å²) in [5.74, 6) is -1.73. The number of ketones is 1. The zero-order valence-corrected chi connectivity index (χ0v) is 19.1. The lowest BCUT2D eigenvalue weighted by Gasteiger charge is -2.25. The van der Waals surface area contributed by atoms with Gasteiger partial charge in [0.15, 0.2) is 0 Å². The van der Waals surface area contributed by atoms with Crippen molar-refractivity contribution in [2.45, 2.75) is 19.9 Å². The molecule has 31 heavy (non-hydrogen) atoms. The van der Waals surface area contributed by atoms with Gasteiger partial charge in [0.1, 0.15) is 5.76 Å². The quantitative estimate of drug-likeness (QED) is 0.284. The number of nitrogens with zero attached hydrogens (tertiary/aromatic N) is 2. The highest BCUT2D eigenvalue weighted by Crippen LogP contribution is 2.42. The first kappa shape index (κ1) is 21.3. The second-order valence-electron chi connectivity index (χ2n) is 7.35. The van der Waals surface area contributed by atoms with E-state index in [2.05, 4.69) is 20.9 Å². The minimum atomic E-state index is -0.837. The van der Waals surface area contributed by atoms with Crippen molar-refractivity contribution in [3.8, 4) is 0 Å². The third-order valence-corrected chi connectivity index (χ3v) is 6.61. The number of aliphatic hydroxyl groups excluding tert-OH is 1. The molecule has 1 N–H and O–H groups in total. The summed E-state index contributed by atoms with van der Waals surface area (Å²) in [5.41, 5.74) is 3.28. The molecule has 1 unspecified atom stereocenters. The predicted octanol–water partition coefficient (Wildman–Crippen LogP) is 5.74. The second-order valence-corrected chi connectivity index (χ2v) is 8.61. The molecule has 1 saturated heterocycles. The predicted molar refractivity (Wildman–Crippen MR) is 124 cm³/mol. The number of aryl methyl sites for hydroxylation is 2. The van der Waals surface area contributed by atoms with Gasteiger partial charge >= 0.3 is 0 Å². The Labute approximate surface area is 193 Å². The van der Waals surface area contributed by atoms with E-state index in [4.69, 9.17) is 11.6 Å². The van der Waals surface area contributed by atoms with Crippen LogP contribution >= 0.6 is 27.5 Å². The number of hydrogen-bond acceptors (Lipinski definition) is 4. The molecule has 156 valence electrons. The van der Waals surface area contributed by atoms with E-state index in [1.165, 1.54) is 4.90 Å². The molecule has 2 aromatic carbocycles. The number of aliphatic hydroxyl groups is 1. The van der Waals surface area contributed by atoms with Crippen LogP contribution in [-0.2, 0) is 9.59 Å². The van der Waals surface area contributed by atoms with E-state index in [0.29, 0.717) is 21.8 Å². The summed E-state index contributed by atoms with van der Waals surface area (Å²) in [6, 6.07) is 13.1. The smallest absolute Gasteiger partial charge is 0.300 e. The first-order valence-electron chi connectivity index (χ1n) is 9.53. The summed E-state index contributed by atoms with van der Waals surface area (Å²) in [6.45, 7) is 3.74. The van der Waals surface area contributed by atoms with Crippen molar-refractivity contribution in [2.24, 2.45) is 0 Å². The van der Waals surface area contributed by atoms with Crippen LogP contribution in [0.4, 0.5) is 5.69 Å². The van der Waals surface area contributed by atoms with Crippen LogP contribution in [0, 0.1) is 13.8 Å². The third-order valence-electron chi connectivity index (χ3n) is 5.31. The number of carbonyl (C=O) groups excluding carboxylic acids is 2. The Morgan fingerprint density at radius 1 is 1.10 bits per heavy atom. The minimum absolute atomic E-state index is 0.0106. The Kier molecular flexibility index (Phi) is 5.69. The van der Waals surface area contributed by atoms with E-state index in [1.54, 1.807) is 60.9 Å². The van der Waals surface area contributed by atoms with Gasteiger partial charge in [-0.05, 0) is 60.9 Å². The van der Waals surface area contributed by atoms with Crippen molar-refractivity contribution in [3.63, 3.8) is 0 Å². The summed E-state index contributed by atoms with van der Waals surface area (Å²) >= 11 is 9.73. The van der Waals surface area contributed by atoms with Gasteiger partial charge in [-0.3, -0.25) is 19.5 Å². The molecule has 1 fully saturated rings. The van der Waals surface area contributed by atoms with Crippen LogP contribution in [0.3, 0.4) is 0 Å². The number of Topliss-reactive ketones (excluding diaryl/α,β-unsaturated/α-hetero) is 1. The molecule has 1 atom stereocenters. The summed E-state index contributed by atoms with van der Waals surface area (Å²) in [6.07, 6.45) is 3.19. The maximum atomic E-state index is 13.1. The van der Waals surface area contributed by atoms with Crippen LogP contribution in [0.15, 0.2) is 71.0 Å². The van der Waals surface area contributed by atoms with Crippen LogP contribution in [-0.4, -0.2) is 21.8 Å². The standard InChI is InChI=1S/C24H18BrClN2O3/c1-13-5-7-17(11-19(13)26)28-21(16-4-3-9-27-12-16)20(23(30)24(28)31)22(29)15-6-8-18(25)14(2)10-15/h3-12,21,29H,1-2H3/b22-20+. The fourth-order valence-electron chi connectivity index (χ4n) is 3.63. The summed E-state index contributed by atoms with van der Waals surface area (Å²) < 4.78 is 0.877. The Hall–Kier alpha value is -2.96. The molecule has 5 nitrogen and oxygen atoms in total. The summed E-state index contributed by atoms with van der Waals surface area (Å²) in [5, 5.41) is 11.6. The van der Waals surface area contributed by atoms with Crippen LogP contribution in [0.25, 0.3) is 5.76 Å². The molecule has 0 bridgehead atoms.